The minimum atomic E-state index is -0.571. The van der Waals surface area contributed by atoms with E-state index < -0.39 is 11.7 Å². The maximum atomic E-state index is 14.5. The Morgan fingerprint density at radius 1 is 1.32 bits per heavy atom. The third-order valence-corrected chi connectivity index (χ3v) is 6.31. The Bertz CT molecular complexity index is 1310. The van der Waals surface area contributed by atoms with E-state index in [1.165, 1.54) is 19.2 Å². The van der Waals surface area contributed by atoms with Gasteiger partial charge in [0.2, 0.25) is 0 Å². The molecule has 1 aliphatic rings. The molecule has 1 saturated heterocycles. The highest BCUT2D eigenvalue weighted by Gasteiger charge is 2.28. The monoisotopic (exact) mass is 462 g/mol. The van der Waals surface area contributed by atoms with Crippen LogP contribution in [0.5, 0.6) is 0 Å². The summed E-state index contributed by atoms with van der Waals surface area (Å²) in [5.74, 6) is -1.04. The Morgan fingerprint density at radius 3 is 2.85 bits per heavy atom. The highest BCUT2D eigenvalue weighted by Crippen LogP contribution is 2.24. The van der Waals surface area contributed by atoms with Crippen LogP contribution in [0.25, 0.3) is 11.0 Å². The van der Waals surface area contributed by atoms with Crippen molar-refractivity contribution in [2.24, 2.45) is 0 Å². The van der Waals surface area contributed by atoms with Gasteiger partial charge < -0.3 is 15.2 Å². The number of aromatic amines is 1. The summed E-state index contributed by atoms with van der Waals surface area (Å²) in [6, 6.07) is 10.6. The molecule has 0 spiro atoms. The number of carbonyl (C=O) groups is 1. The molecule has 3 heterocycles. The molecule has 1 aromatic carbocycles. The largest absolute Gasteiger partial charge is 0.369 e. The molecule has 1 fully saturated rings. The molecule has 1 aliphatic heterocycles. The lowest BCUT2D eigenvalue weighted by Gasteiger charge is -2.41. The number of nitrogens with one attached hydrogen (secondary N) is 2. The van der Waals surface area contributed by atoms with Gasteiger partial charge in [0.15, 0.2) is 0 Å². The molecule has 3 aromatic rings. The zero-order chi connectivity index (χ0) is 24.2. The Kier molecular flexibility index (Phi) is 6.89. The smallest absolute Gasteiger partial charge is 0.253 e. The molecule has 0 bridgehead atoms. The van der Waals surface area contributed by atoms with Gasteiger partial charge in [-0.05, 0) is 42.3 Å². The molecule has 4 rings (SSSR count). The number of H-pyrrole nitrogens is 1. The number of nitrogens with zero attached hydrogens (tertiary/aromatic N) is 4. The fourth-order valence-electron chi connectivity index (χ4n) is 4.40. The Balaban J connectivity index is 1.51. The molecule has 0 aliphatic carbocycles. The summed E-state index contributed by atoms with van der Waals surface area (Å²) in [4.78, 5) is 35.7. The van der Waals surface area contributed by atoms with E-state index in [0.717, 1.165) is 11.1 Å². The SMILES string of the molecule is CCc1cc2ncc(CN3CCN(c4ccc(C(=O)NC)c(F)c4)C[C@@H]3CC#N)cc2[nH]c1=O. The van der Waals surface area contributed by atoms with Crippen LogP contribution in [0.3, 0.4) is 0 Å². The van der Waals surface area contributed by atoms with Gasteiger partial charge in [-0.1, -0.05) is 6.92 Å². The van der Waals surface area contributed by atoms with Crippen LogP contribution in [-0.4, -0.2) is 53.5 Å². The number of rotatable bonds is 6. The third kappa shape index (κ3) is 4.77. The van der Waals surface area contributed by atoms with E-state index >= 15 is 0 Å². The number of amides is 1. The van der Waals surface area contributed by atoms with Gasteiger partial charge in [0.1, 0.15) is 5.82 Å². The third-order valence-electron chi connectivity index (χ3n) is 6.31. The molecule has 1 atom stereocenters. The van der Waals surface area contributed by atoms with Gasteiger partial charge >= 0.3 is 0 Å². The first-order valence-electron chi connectivity index (χ1n) is 11.3. The van der Waals surface area contributed by atoms with Crippen molar-refractivity contribution in [3.8, 4) is 6.07 Å². The fraction of sp³-hybridized carbons (Fsp3) is 0.360. The van der Waals surface area contributed by atoms with Crippen LogP contribution < -0.4 is 15.8 Å². The summed E-state index contributed by atoms with van der Waals surface area (Å²) in [5.41, 5.74) is 3.69. The van der Waals surface area contributed by atoms with Gasteiger partial charge in [-0.15, -0.1) is 0 Å². The molecule has 0 radical (unpaired) electrons. The van der Waals surface area contributed by atoms with E-state index in [4.69, 9.17) is 0 Å². The van der Waals surface area contributed by atoms with Gasteiger partial charge in [-0.25, -0.2) is 4.39 Å². The molecule has 8 nitrogen and oxygen atoms in total. The topological polar surface area (TPSA) is 105 Å². The molecule has 1 amide bonds. The van der Waals surface area contributed by atoms with E-state index in [1.807, 2.05) is 30.2 Å². The van der Waals surface area contributed by atoms with Crippen molar-refractivity contribution in [1.29, 1.82) is 5.26 Å². The van der Waals surface area contributed by atoms with Crippen molar-refractivity contribution >= 4 is 22.6 Å². The van der Waals surface area contributed by atoms with Crippen molar-refractivity contribution in [2.75, 3.05) is 31.6 Å². The van der Waals surface area contributed by atoms with E-state index in [-0.39, 0.29) is 17.2 Å². The first-order chi connectivity index (χ1) is 16.4. The van der Waals surface area contributed by atoms with Crippen LogP contribution in [-0.2, 0) is 13.0 Å². The van der Waals surface area contributed by atoms with Crippen LogP contribution in [0.2, 0.25) is 0 Å². The van der Waals surface area contributed by atoms with Crippen molar-refractivity contribution in [3.05, 3.63) is 69.4 Å². The summed E-state index contributed by atoms with van der Waals surface area (Å²) >= 11 is 0. The number of carbonyl (C=O) groups excluding carboxylic acids is 1. The van der Waals surface area contributed by atoms with Crippen LogP contribution >= 0.6 is 0 Å². The van der Waals surface area contributed by atoms with E-state index in [0.29, 0.717) is 55.8 Å². The predicted octanol–water partition coefficient (Wildman–Crippen LogP) is 2.59. The van der Waals surface area contributed by atoms with Crippen LogP contribution in [0, 0.1) is 17.1 Å². The van der Waals surface area contributed by atoms with E-state index in [2.05, 4.69) is 26.3 Å². The number of halogens is 1. The molecular formula is C25H27FN6O2. The van der Waals surface area contributed by atoms with Gasteiger partial charge in [0, 0.05) is 56.7 Å². The second-order valence-corrected chi connectivity index (χ2v) is 8.43. The number of fused-ring (bicyclic) bond motifs is 1. The molecule has 176 valence electrons. The second kappa shape index (κ2) is 10.0. The number of aryl methyl sites for hydroxylation is 1. The molecule has 2 N–H and O–H groups in total. The van der Waals surface area contributed by atoms with Gasteiger partial charge in [-0.2, -0.15) is 5.26 Å². The highest BCUT2D eigenvalue weighted by atomic mass is 19.1. The molecule has 9 heteroatoms. The lowest BCUT2D eigenvalue weighted by Crippen LogP contribution is -2.52. The van der Waals surface area contributed by atoms with E-state index in [9.17, 15) is 19.2 Å². The normalized spacial score (nSPS) is 16.4. The number of pyridine rings is 2. The first kappa shape index (κ1) is 23.4. The maximum absolute atomic E-state index is 14.5. The minimum absolute atomic E-state index is 0.00589. The average molecular weight is 463 g/mol. The number of anilines is 1. The van der Waals surface area contributed by atoms with Gasteiger partial charge in [0.25, 0.3) is 11.5 Å². The van der Waals surface area contributed by atoms with E-state index in [1.54, 1.807) is 6.07 Å². The van der Waals surface area contributed by atoms with Crippen LogP contribution in [0.15, 0.2) is 41.3 Å². The molecular weight excluding hydrogens is 435 g/mol. The number of piperazine rings is 1. The highest BCUT2D eigenvalue weighted by molar-refractivity contribution is 5.94. The Labute approximate surface area is 197 Å². The summed E-state index contributed by atoms with van der Waals surface area (Å²) in [6.07, 6.45) is 2.78. The predicted molar refractivity (Wildman–Crippen MR) is 128 cm³/mol. The zero-order valence-electron chi connectivity index (χ0n) is 19.3. The number of benzene rings is 1. The maximum Gasteiger partial charge on any atom is 0.253 e. The lowest BCUT2D eigenvalue weighted by molar-refractivity contribution is 0.0959. The van der Waals surface area contributed by atoms with Gasteiger partial charge in [-0.3, -0.25) is 19.5 Å². The molecule has 0 unspecified atom stereocenters. The fourth-order valence-corrected chi connectivity index (χ4v) is 4.40. The summed E-state index contributed by atoms with van der Waals surface area (Å²) in [5, 5.41) is 11.8. The van der Waals surface area contributed by atoms with Crippen LogP contribution in [0.1, 0.15) is 34.8 Å². The minimum Gasteiger partial charge on any atom is -0.369 e. The van der Waals surface area contributed by atoms with Crippen molar-refractivity contribution < 1.29 is 9.18 Å². The van der Waals surface area contributed by atoms with Crippen molar-refractivity contribution in [2.45, 2.75) is 32.4 Å². The first-order valence-corrected chi connectivity index (χ1v) is 11.3. The standard InChI is InChI=1S/C25H27FN6O2/c1-3-17-11-22-23(30-24(17)33)10-16(13-29-22)14-31-8-9-32(15-19(31)6-7-27)18-4-5-20(21(26)12-18)25(34)28-2/h4-5,10-13,19H,3,6,8-9,14-15H2,1-2H3,(H,28,34)(H,30,33)/t19-/m0/s1. The summed E-state index contributed by atoms with van der Waals surface area (Å²) < 4.78 is 14.5. The zero-order valence-corrected chi connectivity index (χ0v) is 19.3. The second-order valence-electron chi connectivity index (χ2n) is 8.43. The number of aromatic nitrogens is 2. The Morgan fingerprint density at radius 2 is 2.15 bits per heavy atom. The van der Waals surface area contributed by atoms with Crippen molar-refractivity contribution in [1.82, 2.24) is 20.2 Å². The van der Waals surface area contributed by atoms with Crippen LogP contribution in [0.4, 0.5) is 10.1 Å². The Hall–Kier alpha value is -3.77. The molecule has 2 aromatic heterocycles. The van der Waals surface area contributed by atoms with Crippen molar-refractivity contribution in [3.63, 3.8) is 0 Å². The van der Waals surface area contributed by atoms with Gasteiger partial charge in [0.05, 0.1) is 29.1 Å². The molecule has 34 heavy (non-hydrogen) atoms. The number of hydrogen-bond acceptors (Lipinski definition) is 6. The summed E-state index contributed by atoms with van der Waals surface area (Å²) in [6.45, 7) is 4.41. The quantitative estimate of drug-likeness (QED) is 0.584. The molecule has 0 saturated carbocycles. The lowest BCUT2D eigenvalue weighted by atomic mass is 10.1. The average Bonchev–Trinajstić information content (AvgIpc) is 2.84. The summed E-state index contributed by atoms with van der Waals surface area (Å²) in [7, 11) is 1.46. The number of hydrogen-bond donors (Lipinski definition) is 2. The number of nitriles is 1.